The molecule has 6 heterocycles. The second-order valence-electron chi connectivity index (χ2n) is 45.5. The van der Waals surface area contributed by atoms with Crippen molar-refractivity contribution in [2.75, 3.05) is 104 Å². The van der Waals surface area contributed by atoms with Crippen molar-refractivity contribution in [2.24, 2.45) is 10.8 Å². The van der Waals surface area contributed by atoms with E-state index in [0.29, 0.717) is 116 Å². The minimum Gasteiger partial charge on any atom is -0.466 e. The van der Waals surface area contributed by atoms with Gasteiger partial charge in [0.1, 0.15) is 24.0 Å². The van der Waals surface area contributed by atoms with Crippen LogP contribution >= 0.6 is 0 Å². The molecule has 8 fully saturated rings. The predicted octanol–water partition coefficient (Wildman–Crippen LogP) is 26.3. The molecule has 14 rings (SSSR count). The van der Waals surface area contributed by atoms with Crippen LogP contribution < -0.4 is 0 Å². The summed E-state index contributed by atoms with van der Waals surface area (Å²) in [5.41, 5.74) is 10.1. The number of aryl methyl sites for hydroxylation is 5. The molecule has 6 aromatic rings. The van der Waals surface area contributed by atoms with Crippen LogP contribution in [0.15, 0.2) is 179 Å². The molecule has 0 bridgehead atoms. The van der Waals surface area contributed by atoms with Crippen molar-refractivity contribution in [1.29, 1.82) is 0 Å². The maximum atomic E-state index is 13.6. The van der Waals surface area contributed by atoms with E-state index in [0.717, 1.165) is 98.0 Å². The Kier molecular flexibility index (Phi) is 56.7. The van der Waals surface area contributed by atoms with Crippen molar-refractivity contribution in [3.05, 3.63) is 209 Å². The van der Waals surface area contributed by atoms with Crippen LogP contribution in [0.2, 0.25) is 0 Å². The summed E-state index contributed by atoms with van der Waals surface area (Å²) in [4.78, 5) is 74.8. The Balaban J connectivity index is 0.000000203. The molecule has 0 aromatic heterocycles. The van der Waals surface area contributed by atoms with Gasteiger partial charge in [-0.3, -0.25) is 53.4 Å². The third-order valence-electron chi connectivity index (χ3n) is 32.5. The molecule has 21 nitrogen and oxygen atoms in total. The smallest absolute Gasteiger partial charge is 0.307 e. The van der Waals surface area contributed by atoms with Crippen LogP contribution in [-0.2, 0) is 83.0 Å². The summed E-state index contributed by atoms with van der Waals surface area (Å²) in [7, 11) is -11.0. The third-order valence-corrected chi connectivity index (χ3v) is 38.0. The van der Waals surface area contributed by atoms with Crippen LogP contribution in [0, 0.1) is 45.4 Å². The lowest BCUT2D eigenvalue weighted by atomic mass is 9.66. The Hall–Kier alpha value is -7.46. The highest BCUT2D eigenvalue weighted by molar-refractivity contribution is 7.91. The van der Waals surface area contributed by atoms with Crippen molar-refractivity contribution in [3.63, 3.8) is 0 Å². The van der Waals surface area contributed by atoms with E-state index in [1.807, 2.05) is 69.3 Å². The number of rotatable bonds is 43. The van der Waals surface area contributed by atoms with Crippen molar-refractivity contribution in [1.82, 2.24) is 38.0 Å². The summed E-state index contributed by atoms with van der Waals surface area (Å²) in [6.45, 7) is 41.8. The molecule has 0 N–H and O–H groups in total. The fourth-order valence-corrected chi connectivity index (χ4v) is 28.3. The Bertz CT molecular complexity index is 5270. The van der Waals surface area contributed by atoms with Gasteiger partial charge in [0, 0.05) is 108 Å². The van der Waals surface area contributed by atoms with Crippen LogP contribution in [0.5, 0.6) is 0 Å². The van der Waals surface area contributed by atoms with E-state index in [9.17, 15) is 49.2 Å². The molecule has 6 aromatic carbocycles. The molecule has 2 aliphatic carbocycles. The molecular formula is C126H196N8O13S3. The van der Waals surface area contributed by atoms with Crippen LogP contribution in [0.1, 0.15) is 375 Å². The summed E-state index contributed by atoms with van der Waals surface area (Å²) < 4.78 is 94.6. The number of hydrogen-bond acceptors (Lipinski definition) is 19. The largest absolute Gasteiger partial charge is 0.466 e. The number of likely N-dealkylation sites (tertiary alicyclic amines) is 4. The number of unbranched alkanes of at least 4 members (excludes halogenated alkanes) is 10. The van der Waals surface area contributed by atoms with Crippen molar-refractivity contribution in [3.8, 4) is 0 Å². The van der Waals surface area contributed by atoms with Crippen LogP contribution in [0.4, 0.5) is 0 Å². The van der Waals surface area contributed by atoms with Crippen molar-refractivity contribution < 1.29 is 58.7 Å². The molecule has 24 heteroatoms. The number of esters is 2. The number of carbonyl (C=O) groups is 5. The predicted molar refractivity (Wildman–Crippen MR) is 615 cm³/mol. The first-order valence-electron chi connectivity index (χ1n) is 58.6. The maximum Gasteiger partial charge on any atom is 0.307 e. The number of sulfone groups is 1. The SMILES string of the molecule is C=CCCCCCCCCCN1CCCCCC1CC(C)=O.CCCCN1CC2(CCCC1CC(C)=O)CCC2.CCCCN1CC2(CCCC2)CCCC1CC(C)=O.CCCCN1CCCCCC1CC(=O)OCc1cccc(C)c1.CCOC(=O)CC1CN(S(=O)(=O)c2ccc(C)cc2)CCCCN1Cc1ccc(C)cc1.Cc1ccc(S(=O)(=O)N2CCCCN(Cc3cccc(C)c3)C(CS(=O)(=O)c3ccccc3)C2)cc1. The standard InChI is InChI=1S/C28H34N2O4S2.C25H34N2O4S.C20H31NO2.C20H37NO.C17H31NO.C16H29NO/c1-23-13-15-28(16-14-23)36(33,34)30-18-7-6-17-29(20-25-10-8-9-24(2)19-25)26(21-30)22-35(31,32)27-11-4-3-5-12-27;1-4-31-25(28)17-23-19-27(32(29,30)24-13-9-21(3)10-14-24)16-6-5-15-26(23)18-22-11-7-20(2)8-12-22;1-3-4-12-21-13-7-5-6-11-19(21)15-20(22)23-16-18-10-8-9-17(2)14-18;1-3-4-5-6-7-8-9-10-13-16-21-17-14-11-12-15-20(21)18-19(2)22;1-3-4-12-18-14-17(9-5-6-10-17)11-7-8-16(18)13-15(2)19;1-3-4-11-17-13-16(9-6-10-16)8-5-7-15(17)12-14(2)18/h3-5,8-16,19,26H,6-7,17-18,20-22H2,1-2H3;7-14,23H,4-6,15-19H2,1-3H3;8-10,14,19H,3-7,11-13,15-16H2,1-2H3;3,20H,1,4-18H2,2H3;16H,3-14H2,1-2H3;15H,3-13H2,1-2H3. The van der Waals surface area contributed by atoms with Gasteiger partial charge in [0.2, 0.25) is 20.0 Å². The van der Waals surface area contributed by atoms with Crippen molar-refractivity contribution in [2.45, 2.75) is 436 Å². The zero-order chi connectivity index (χ0) is 108. The molecule has 0 amide bonds. The number of benzene rings is 6. The lowest BCUT2D eigenvalue weighted by molar-refractivity contribution is -0.147. The first-order chi connectivity index (χ1) is 72.2. The second-order valence-corrected chi connectivity index (χ2v) is 51.4. The molecular weight excluding hydrogens is 1930 g/mol. The average molecular weight is 2130 g/mol. The molecule has 6 aliphatic heterocycles. The first-order valence-corrected chi connectivity index (χ1v) is 63.1. The molecule has 836 valence electrons. The van der Waals surface area contributed by atoms with E-state index in [2.05, 4.69) is 113 Å². The number of ether oxygens (including phenoxy) is 2. The number of allylic oxidation sites excluding steroid dienone is 1. The lowest BCUT2D eigenvalue weighted by Crippen LogP contribution is -2.51. The van der Waals surface area contributed by atoms with Gasteiger partial charge in [0.25, 0.3) is 0 Å². The zero-order valence-electron chi connectivity index (χ0n) is 94.8. The monoisotopic (exact) mass is 2130 g/mol. The van der Waals surface area contributed by atoms with Gasteiger partial charge in [-0.25, -0.2) is 25.3 Å². The van der Waals surface area contributed by atoms with Gasteiger partial charge < -0.3 is 9.47 Å². The number of Topliss-reactive ketones (excluding diaryl/α,β-unsaturated/α-hetero) is 3. The Morgan fingerprint density at radius 1 is 0.340 bits per heavy atom. The van der Waals surface area contributed by atoms with Gasteiger partial charge >= 0.3 is 11.9 Å². The first kappa shape index (κ1) is 126. The minimum atomic E-state index is -3.76. The Morgan fingerprint density at radius 2 is 0.720 bits per heavy atom. The molecule has 150 heavy (non-hydrogen) atoms. The van der Waals surface area contributed by atoms with E-state index in [1.165, 1.54) is 273 Å². The summed E-state index contributed by atoms with van der Waals surface area (Å²) >= 11 is 0. The minimum absolute atomic E-state index is 0.0556. The number of carbonyl (C=O) groups excluding carboxylic acids is 5. The highest BCUT2D eigenvalue weighted by atomic mass is 32.2. The molecule has 8 aliphatic rings. The van der Waals surface area contributed by atoms with E-state index >= 15 is 0 Å². The molecule has 6 atom stereocenters. The van der Waals surface area contributed by atoms with Gasteiger partial charge in [-0.2, -0.15) is 8.61 Å². The maximum absolute atomic E-state index is 13.6. The summed E-state index contributed by atoms with van der Waals surface area (Å²) in [6, 6.07) is 48.1. The van der Waals surface area contributed by atoms with Gasteiger partial charge in [0.05, 0.1) is 39.9 Å². The van der Waals surface area contributed by atoms with Crippen LogP contribution in [0.25, 0.3) is 0 Å². The average Bonchev–Trinajstić information content (AvgIpc) is 1.34. The summed E-state index contributed by atoms with van der Waals surface area (Å²) in [5.74, 6) is 0.596. The van der Waals surface area contributed by atoms with E-state index in [-0.39, 0.29) is 53.0 Å². The number of sulfonamides is 2. The quantitative estimate of drug-likeness (QED) is 0.0197. The highest BCUT2D eigenvalue weighted by Crippen LogP contribution is 2.49. The van der Waals surface area contributed by atoms with Crippen molar-refractivity contribution >= 4 is 59.2 Å². The topological polar surface area (TPSA) is 232 Å². The zero-order valence-corrected chi connectivity index (χ0v) is 97.3. The fourth-order valence-electron chi connectivity index (χ4n) is 23.7. The third kappa shape index (κ3) is 44.7. The highest BCUT2D eigenvalue weighted by Gasteiger charge is 2.44. The number of hydrogen-bond donors (Lipinski definition) is 0. The van der Waals surface area contributed by atoms with Gasteiger partial charge in [-0.1, -0.05) is 279 Å². The molecule has 6 saturated heterocycles. The molecule has 2 spiro atoms. The number of ketones is 3. The Labute approximate surface area is 909 Å². The van der Waals surface area contributed by atoms with Gasteiger partial charge in [-0.05, 0) is 320 Å². The molecule has 6 unspecified atom stereocenters. The van der Waals surface area contributed by atoms with Crippen LogP contribution in [0.3, 0.4) is 0 Å². The van der Waals surface area contributed by atoms with Gasteiger partial charge in [0.15, 0.2) is 9.84 Å². The van der Waals surface area contributed by atoms with E-state index in [4.69, 9.17) is 9.47 Å². The number of nitrogens with zero attached hydrogens (tertiary/aromatic N) is 8. The van der Waals surface area contributed by atoms with Crippen LogP contribution in [-0.4, -0.2) is 233 Å². The lowest BCUT2D eigenvalue weighted by Gasteiger charge is -2.45. The molecule has 0 radical (unpaired) electrons. The van der Waals surface area contributed by atoms with E-state index < -0.39 is 35.9 Å². The Morgan fingerprint density at radius 3 is 1.19 bits per heavy atom. The fraction of sp³-hybridized carbons (Fsp3) is 0.659. The second kappa shape index (κ2) is 67.5. The van der Waals surface area contributed by atoms with E-state index in [1.54, 1.807) is 98.7 Å². The molecule has 2 saturated carbocycles. The summed E-state index contributed by atoms with van der Waals surface area (Å²) in [5, 5.41) is 0. The van der Waals surface area contributed by atoms with Gasteiger partial charge in [-0.15, -0.1) is 6.58 Å². The normalized spacial score (nSPS) is 21.1. The summed E-state index contributed by atoms with van der Waals surface area (Å²) in [6.07, 6.45) is 54.4.